The molecule has 1 heterocycles. The van der Waals surface area contributed by atoms with Crippen molar-refractivity contribution in [1.82, 2.24) is 0 Å². The minimum absolute atomic E-state index is 0.0130. The second-order valence-electron chi connectivity index (χ2n) is 3.23. The SMILES string of the molecule is O=C1CC=NC=C1OCc1ccccc1. The molecule has 0 radical (unpaired) electrons. The van der Waals surface area contributed by atoms with Crippen LogP contribution in [0, 0.1) is 0 Å². The average molecular weight is 201 g/mol. The molecule has 0 N–H and O–H groups in total. The van der Waals surface area contributed by atoms with Crippen molar-refractivity contribution < 1.29 is 9.53 Å². The van der Waals surface area contributed by atoms with Gasteiger partial charge in [-0.15, -0.1) is 0 Å². The summed E-state index contributed by atoms with van der Waals surface area (Å²) in [5, 5.41) is 0. The van der Waals surface area contributed by atoms with Crippen LogP contribution >= 0.6 is 0 Å². The predicted molar refractivity (Wildman–Crippen MR) is 57.4 cm³/mol. The molecule has 0 atom stereocenters. The van der Waals surface area contributed by atoms with Crippen LogP contribution in [0.4, 0.5) is 0 Å². The van der Waals surface area contributed by atoms with E-state index in [0.717, 1.165) is 5.56 Å². The van der Waals surface area contributed by atoms with Gasteiger partial charge in [0.2, 0.25) is 5.78 Å². The second kappa shape index (κ2) is 4.55. The van der Waals surface area contributed by atoms with Gasteiger partial charge in [-0.1, -0.05) is 30.3 Å². The zero-order valence-electron chi connectivity index (χ0n) is 8.22. The molecule has 0 spiro atoms. The number of carbonyl (C=O) groups excluding carboxylic acids is 1. The first-order valence-corrected chi connectivity index (χ1v) is 4.78. The molecule has 0 bridgehead atoms. The van der Waals surface area contributed by atoms with Crippen molar-refractivity contribution >= 4 is 12.0 Å². The van der Waals surface area contributed by atoms with E-state index in [4.69, 9.17) is 4.74 Å². The Kier molecular flexibility index (Phi) is 2.93. The fraction of sp³-hybridized carbons (Fsp3) is 0.167. The zero-order chi connectivity index (χ0) is 10.5. The van der Waals surface area contributed by atoms with Crippen LogP contribution in [-0.4, -0.2) is 12.0 Å². The third-order valence-electron chi connectivity index (χ3n) is 2.09. The number of carbonyl (C=O) groups is 1. The van der Waals surface area contributed by atoms with Crippen LogP contribution in [0.5, 0.6) is 0 Å². The summed E-state index contributed by atoms with van der Waals surface area (Å²) in [5.41, 5.74) is 1.04. The Bertz CT molecular complexity index is 407. The lowest BCUT2D eigenvalue weighted by Gasteiger charge is -2.09. The number of ketones is 1. The molecule has 3 heteroatoms. The number of ether oxygens (including phenoxy) is 1. The van der Waals surface area contributed by atoms with Gasteiger partial charge in [-0.2, -0.15) is 0 Å². The van der Waals surface area contributed by atoms with Gasteiger partial charge in [-0.25, -0.2) is 0 Å². The van der Waals surface area contributed by atoms with Crippen LogP contribution in [0.25, 0.3) is 0 Å². The summed E-state index contributed by atoms with van der Waals surface area (Å²) in [6.45, 7) is 0.411. The maximum absolute atomic E-state index is 11.3. The van der Waals surface area contributed by atoms with Gasteiger partial charge >= 0.3 is 0 Å². The van der Waals surface area contributed by atoms with Gasteiger partial charge in [0.25, 0.3) is 0 Å². The van der Waals surface area contributed by atoms with Crippen molar-refractivity contribution in [3.8, 4) is 0 Å². The van der Waals surface area contributed by atoms with Crippen molar-refractivity contribution in [2.24, 2.45) is 4.99 Å². The molecule has 1 aliphatic heterocycles. The summed E-state index contributed by atoms with van der Waals surface area (Å²) in [5.74, 6) is 0.335. The summed E-state index contributed by atoms with van der Waals surface area (Å²) in [6, 6.07) is 9.73. The first-order chi connectivity index (χ1) is 7.36. The lowest BCUT2D eigenvalue weighted by molar-refractivity contribution is -0.118. The molecule has 1 aromatic carbocycles. The molecule has 3 nitrogen and oxygen atoms in total. The van der Waals surface area contributed by atoms with Gasteiger partial charge in [0, 0.05) is 12.6 Å². The van der Waals surface area contributed by atoms with Gasteiger partial charge in [-0.3, -0.25) is 9.79 Å². The number of aliphatic imine (C=N–C) groups is 1. The molecule has 0 aliphatic carbocycles. The van der Waals surface area contributed by atoms with Crippen LogP contribution in [0.2, 0.25) is 0 Å². The number of hydrogen-bond acceptors (Lipinski definition) is 3. The second-order valence-corrected chi connectivity index (χ2v) is 3.23. The van der Waals surface area contributed by atoms with E-state index < -0.39 is 0 Å². The minimum Gasteiger partial charge on any atom is -0.484 e. The van der Waals surface area contributed by atoms with Crippen LogP contribution in [0.1, 0.15) is 12.0 Å². The highest BCUT2D eigenvalue weighted by atomic mass is 16.5. The molecule has 0 amide bonds. The molecular formula is C12H11NO2. The van der Waals surface area contributed by atoms with E-state index in [1.807, 2.05) is 30.3 Å². The highest BCUT2D eigenvalue weighted by Gasteiger charge is 2.12. The van der Waals surface area contributed by atoms with E-state index in [9.17, 15) is 4.79 Å². The number of Topliss-reactive ketones (excluding diaryl/α,β-unsaturated/α-hetero) is 1. The van der Waals surface area contributed by atoms with Gasteiger partial charge in [0.15, 0.2) is 5.76 Å². The number of hydrogen-bond donors (Lipinski definition) is 0. The highest BCUT2D eigenvalue weighted by Crippen LogP contribution is 2.10. The fourth-order valence-electron chi connectivity index (χ4n) is 1.28. The number of nitrogens with zero attached hydrogens (tertiary/aromatic N) is 1. The number of rotatable bonds is 3. The Morgan fingerprint density at radius 3 is 2.80 bits per heavy atom. The zero-order valence-corrected chi connectivity index (χ0v) is 8.22. The molecule has 1 aliphatic rings. The van der Waals surface area contributed by atoms with Gasteiger partial charge in [0.1, 0.15) is 6.61 Å². The molecule has 2 rings (SSSR count). The van der Waals surface area contributed by atoms with E-state index in [1.165, 1.54) is 6.20 Å². The summed E-state index contributed by atoms with van der Waals surface area (Å²) in [6.07, 6.45) is 3.38. The lowest BCUT2D eigenvalue weighted by atomic mass is 10.2. The molecule has 76 valence electrons. The Morgan fingerprint density at radius 1 is 1.27 bits per heavy atom. The molecule has 1 aromatic rings. The molecule has 0 saturated carbocycles. The largest absolute Gasteiger partial charge is 0.484 e. The van der Waals surface area contributed by atoms with Crippen molar-refractivity contribution in [3.63, 3.8) is 0 Å². The fourth-order valence-corrected chi connectivity index (χ4v) is 1.28. The number of benzene rings is 1. The Hall–Kier alpha value is -1.90. The predicted octanol–water partition coefficient (Wildman–Crippen LogP) is 2.09. The standard InChI is InChI=1S/C12H11NO2/c14-11-6-7-13-8-12(11)15-9-10-4-2-1-3-5-10/h1-5,7-8H,6,9H2. The monoisotopic (exact) mass is 201 g/mol. The maximum atomic E-state index is 11.3. The average Bonchev–Trinajstić information content (AvgIpc) is 2.29. The minimum atomic E-state index is -0.0130. The Labute approximate surface area is 88.1 Å². The Morgan fingerprint density at radius 2 is 2.07 bits per heavy atom. The topological polar surface area (TPSA) is 38.7 Å². The van der Waals surface area contributed by atoms with Crippen molar-refractivity contribution in [3.05, 3.63) is 47.9 Å². The van der Waals surface area contributed by atoms with E-state index >= 15 is 0 Å². The third kappa shape index (κ3) is 2.53. The summed E-state index contributed by atoms with van der Waals surface area (Å²) in [7, 11) is 0. The van der Waals surface area contributed by atoms with E-state index in [2.05, 4.69) is 4.99 Å². The van der Waals surface area contributed by atoms with Crippen molar-refractivity contribution in [2.75, 3.05) is 0 Å². The molecule has 0 aromatic heterocycles. The van der Waals surface area contributed by atoms with Gasteiger partial charge in [0.05, 0.1) is 6.20 Å². The molecular weight excluding hydrogens is 190 g/mol. The molecule has 0 saturated heterocycles. The van der Waals surface area contributed by atoms with Gasteiger partial charge < -0.3 is 4.74 Å². The van der Waals surface area contributed by atoms with Gasteiger partial charge in [-0.05, 0) is 5.56 Å². The van der Waals surface area contributed by atoms with Crippen molar-refractivity contribution in [2.45, 2.75) is 13.0 Å². The Balaban J connectivity index is 1.96. The summed E-state index contributed by atoms with van der Waals surface area (Å²) >= 11 is 0. The van der Waals surface area contributed by atoms with E-state index in [1.54, 1.807) is 6.21 Å². The van der Waals surface area contributed by atoms with E-state index in [0.29, 0.717) is 18.8 Å². The number of allylic oxidation sites excluding steroid dienone is 1. The van der Waals surface area contributed by atoms with E-state index in [-0.39, 0.29) is 5.78 Å². The van der Waals surface area contributed by atoms with Crippen LogP contribution in [-0.2, 0) is 16.1 Å². The first kappa shape index (κ1) is 9.65. The van der Waals surface area contributed by atoms with Crippen LogP contribution < -0.4 is 0 Å². The molecule has 0 unspecified atom stereocenters. The lowest BCUT2D eigenvalue weighted by Crippen LogP contribution is -2.09. The highest BCUT2D eigenvalue weighted by molar-refractivity contribution is 6.03. The van der Waals surface area contributed by atoms with Crippen LogP contribution in [0.3, 0.4) is 0 Å². The maximum Gasteiger partial charge on any atom is 0.204 e. The van der Waals surface area contributed by atoms with Crippen molar-refractivity contribution in [1.29, 1.82) is 0 Å². The summed E-state index contributed by atoms with van der Waals surface area (Å²) < 4.78 is 5.38. The summed E-state index contributed by atoms with van der Waals surface area (Å²) in [4.78, 5) is 15.2. The third-order valence-corrected chi connectivity index (χ3v) is 2.09. The smallest absolute Gasteiger partial charge is 0.204 e. The first-order valence-electron chi connectivity index (χ1n) is 4.78. The molecule has 15 heavy (non-hydrogen) atoms. The molecule has 0 fully saturated rings. The normalized spacial score (nSPS) is 14.9. The quantitative estimate of drug-likeness (QED) is 0.751. The van der Waals surface area contributed by atoms with Crippen LogP contribution in [0.15, 0.2) is 47.3 Å².